The lowest BCUT2D eigenvalue weighted by Gasteiger charge is -2.23. The molecule has 2 N–H and O–H groups in total. The zero-order valence-corrected chi connectivity index (χ0v) is 10.9. The second-order valence-electron chi connectivity index (χ2n) is 4.54. The van der Waals surface area contributed by atoms with Crippen LogP contribution in [-0.2, 0) is 10.0 Å². The Balaban J connectivity index is 1.99. The Morgan fingerprint density at radius 3 is 2.78 bits per heavy atom. The van der Waals surface area contributed by atoms with Gasteiger partial charge in [0.15, 0.2) is 0 Å². The van der Waals surface area contributed by atoms with Crippen LogP contribution in [0.4, 0.5) is 5.95 Å². The maximum Gasteiger partial charge on any atom is 0.225 e. The van der Waals surface area contributed by atoms with Gasteiger partial charge >= 0.3 is 0 Å². The number of anilines is 1. The van der Waals surface area contributed by atoms with Crippen molar-refractivity contribution in [1.82, 2.24) is 14.7 Å². The van der Waals surface area contributed by atoms with Crippen molar-refractivity contribution in [2.75, 3.05) is 30.8 Å². The van der Waals surface area contributed by atoms with Gasteiger partial charge < -0.3 is 10.0 Å². The maximum atomic E-state index is 11.0. The number of hydrogen-bond acceptors (Lipinski definition) is 6. The molecule has 1 aromatic rings. The molecule has 1 saturated heterocycles. The summed E-state index contributed by atoms with van der Waals surface area (Å²) in [5.41, 5.74) is -1.07. The molecule has 2 rings (SSSR count). The number of β-amino-alcohol motifs (C(OH)–C–C–N with tert-alkyl or cyclic N) is 1. The molecule has 0 radical (unpaired) electrons. The molecule has 0 spiro atoms. The highest BCUT2D eigenvalue weighted by Gasteiger charge is 2.37. The molecule has 0 saturated carbocycles. The van der Waals surface area contributed by atoms with Gasteiger partial charge in [-0.05, 0) is 12.5 Å². The maximum absolute atomic E-state index is 11.0. The summed E-state index contributed by atoms with van der Waals surface area (Å²) in [6, 6.07) is 1.72. The van der Waals surface area contributed by atoms with Crippen molar-refractivity contribution < 1.29 is 13.5 Å². The van der Waals surface area contributed by atoms with Crippen LogP contribution in [0.1, 0.15) is 6.42 Å². The molecular weight excluding hydrogens is 256 g/mol. The topological polar surface area (TPSA) is 95.4 Å². The predicted molar refractivity (Wildman–Crippen MR) is 66.7 cm³/mol. The van der Waals surface area contributed by atoms with E-state index in [-0.39, 0.29) is 6.54 Å². The van der Waals surface area contributed by atoms with Crippen molar-refractivity contribution in [2.45, 2.75) is 12.0 Å². The molecule has 1 aliphatic rings. The largest absolute Gasteiger partial charge is 0.387 e. The summed E-state index contributed by atoms with van der Waals surface area (Å²) >= 11 is 0. The third kappa shape index (κ3) is 3.37. The fourth-order valence-corrected chi connectivity index (χ4v) is 2.42. The van der Waals surface area contributed by atoms with Crippen molar-refractivity contribution >= 4 is 16.0 Å². The number of sulfonamides is 1. The monoisotopic (exact) mass is 272 g/mol. The van der Waals surface area contributed by atoms with Crippen LogP contribution in [0.3, 0.4) is 0 Å². The lowest BCUT2D eigenvalue weighted by Crippen LogP contribution is -2.44. The first-order chi connectivity index (χ1) is 8.38. The number of aromatic nitrogens is 2. The number of nitrogens with zero attached hydrogens (tertiary/aromatic N) is 3. The van der Waals surface area contributed by atoms with E-state index in [1.807, 2.05) is 4.90 Å². The molecule has 0 aliphatic carbocycles. The normalized spacial score (nSPS) is 24.4. The Morgan fingerprint density at radius 1 is 1.50 bits per heavy atom. The zero-order valence-electron chi connectivity index (χ0n) is 10.1. The molecule has 7 nitrogen and oxygen atoms in total. The summed E-state index contributed by atoms with van der Waals surface area (Å²) in [6.45, 7) is 0.931. The highest BCUT2D eigenvalue weighted by molar-refractivity contribution is 7.88. The first kappa shape index (κ1) is 13.2. The summed E-state index contributed by atoms with van der Waals surface area (Å²) in [5, 5.41) is 10.3. The number of rotatable bonds is 4. The molecule has 18 heavy (non-hydrogen) atoms. The summed E-state index contributed by atoms with van der Waals surface area (Å²) in [4.78, 5) is 10.0. The fraction of sp³-hybridized carbons (Fsp3) is 0.600. The molecule has 1 atom stereocenters. The molecule has 2 heterocycles. The smallest absolute Gasteiger partial charge is 0.225 e. The van der Waals surface area contributed by atoms with Crippen LogP contribution in [0.15, 0.2) is 18.5 Å². The summed E-state index contributed by atoms with van der Waals surface area (Å²) in [5.74, 6) is 0.549. The zero-order chi connectivity index (χ0) is 13.2. The third-order valence-electron chi connectivity index (χ3n) is 2.83. The van der Waals surface area contributed by atoms with Crippen LogP contribution < -0.4 is 9.62 Å². The van der Waals surface area contributed by atoms with E-state index in [1.165, 1.54) is 0 Å². The molecular formula is C10H16N4O3S. The Hall–Kier alpha value is -1.25. The molecule has 1 aliphatic heterocycles. The fourth-order valence-electron chi connectivity index (χ4n) is 1.89. The van der Waals surface area contributed by atoms with Crippen molar-refractivity contribution in [1.29, 1.82) is 0 Å². The van der Waals surface area contributed by atoms with Crippen molar-refractivity contribution in [3.05, 3.63) is 18.5 Å². The van der Waals surface area contributed by atoms with Crippen LogP contribution in [0.25, 0.3) is 0 Å². The highest BCUT2D eigenvalue weighted by atomic mass is 32.2. The van der Waals surface area contributed by atoms with Crippen LogP contribution in [0.2, 0.25) is 0 Å². The first-order valence-corrected chi connectivity index (χ1v) is 7.46. The minimum atomic E-state index is -3.29. The Kier molecular flexibility index (Phi) is 3.51. The minimum absolute atomic E-state index is 0.00909. The van der Waals surface area contributed by atoms with Gasteiger partial charge in [-0.25, -0.2) is 23.1 Å². The van der Waals surface area contributed by atoms with Gasteiger partial charge in [-0.15, -0.1) is 0 Å². The van der Waals surface area contributed by atoms with Gasteiger partial charge in [-0.2, -0.15) is 0 Å². The average molecular weight is 272 g/mol. The summed E-state index contributed by atoms with van der Waals surface area (Å²) < 4.78 is 24.4. The lowest BCUT2D eigenvalue weighted by atomic mass is 10.0. The Bertz CT molecular complexity index is 507. The van der Waals surface area contributed by atoms with E-state index in [1.54, 1.807) is 18.5 Å². The molecule has 0 aromatic carbocycles. The minimum Gasteiger partial charge on any atom is -0.387 e. The van der Waals surface area contributed by atoms with E-state index in [9.17, 15) is 13.5 Å². The molecule has 0 amide bonds. The summed E-state index contributed by atoms with van der Waals surface area (Å²) in [6.07, 6.45) is 4.82. The van der Waals surface area contributed by atoms with E-state index in [2.05, 4.69) is 14.7 Å². The lowest BCUT2D eigenvalue weighted by molar-refractivity contribution is 0.0685. The first-order valence-electron chi connectivity index (χ1n) is 5.57. The van der Waals surface area contributed by atoms with Gasteiger partial charge in [0.25, 0.3) is 0 Å². The Labute approximate surface area is 106 Å². The van der Waals surface area contributed by atoms with Gasteiger partial charge in [0.2, 0.25) is 16.0 Å². The third-order valence-corrected chi connectivity index (χ3v) is 3.50. The van der Waals surface area contributed by atoms with Crippen molar-refractivity contribution in [3.63, 3.8) is 0 Å². The van der Waals surface area contributed by atoms with Crippen molar-refractivity contribution in [2.24, 2.45) is 0 Å². The molecule has 8 heteroatoms. The molecule has 0 bridgehead atoms. The van der Waals surface area contributed by atoms with Gasteiger partial charge in [0.1, 0.15) is 0 Å². The van der Waals surface area contributed by atoms with Gasteiger partial charge in [-0.1, -0.05) is 0 Å². The van der Waals surface area contributed by atoms with Crippen molar-refractivity contribution in [3.8, 4) is 0 Å². The number of nitrogens with one attached hydrogen (secondary N) is 1. The second-order valence-corrected chi connectivity index (χ2v) is 6.37. The summed E-state index contributed by atoms with van der Waals surface area (Å²) in [7, 11) is -3.29. The quantitative estimate of drug-likeness (QED) is 0.727. The van der Waals surface area contributed by atoms with E-state index in [0.717, 1.165) is 6.26 Å². The molecule has 100 valence electrons. The molecule has 1 unspecified atom stereocenters. The number of hydrogen-bond donors (Lipinski definition) is 2. The average Bonchev–Trinajstić information content (AvgIpc) is 2.71. The predicted octanol–water partition coefficient (Wildman–Crippen LogP) is -1.03. The van der Waals surface area contributed by atoms with Crippen LogP contribution in [0, 0.1) is 0 Å². The van der Waals surface area contributed by atoms with Gasteiger partial charge in [-0.3, -0.25) is 0 Å². The number of aliphatic hydroxyl groups is 1. The molecule has 1 fully saturated rings. The van der Waals surface area contributed by atoms with E-state index >= 15 is 0 Å². The Morgan fingerprint density at radius 2 is 2.17 bits per heavy atom. The van der Waals surface area contributed by atoms with E-state index in [4.69, 9.17) is 0 Å². The van der Waals surface area contributed by atoms with Gasteiger partial charge in [0, 0.05) is 25.5 Å². The van der Waals surface area contributed by atoms with E-state index in [0.29, 0.717) is 25.5 Å². The van der Waals surface area contributed by atoms with E-state index < -0.39 is 15.6 Å². The SMILES string of the molecule is CS(=O)(=O)NCC1(O)CCN(c2ncccn2)C1. The highest BCUT2D eigenvalue weighted by Crippen LogP contribution is 2.23. The van der Waals surface area contributed by atoms with Gasteiger partial charge in [0.05, 0.1) is 18.4 Å². The molecule has 1 aromatic heterocycles. The van der Waals surface area contributed by atoms with Crippen LogP contribution in [0.5, 0.6) is 0 Å². The second kappa shape index (κ2) is 4.79. The van der Waals surface area contributed by atoms with Crippen LogP contribution >= 0.6 is 0 Å². The standard InChI is InChI=1S/C10H16N4O3S/c1-18(16,17)13-7-10(15)3-6-14(8-10)9-11-4-2-5-12-9/h2,4-5,13,15H,3,6-8H2,1H3. The van der Waals surface area contributed by atoms with Crippen LogP contribution in [-0.4, -0.2) is 55.0 Å².